The summed E-state index contributed by atoms with van der Waals surface area (Å²) < 4.78 is 5.33. The average Bonchev–Trinajstić information content (AvgIpc) is 2.39. The first-order valence-electron chi connectivity index (χ1n) is 7.20. The lowest BCUT2D eigenvalue weighted by Gasteiger charge is -2.39. The molecule has 0 bridgehead atoms. The number of ether oxygens (including phenoxy) is 1. The third kappa shape index (κ3) is 3.95. The molecule has 1 saturated heterocycles. The predicted octanol–water partition coefficient (Wildman–Crippen LogP) is 1.65. The van der Waals surface area contributed by atoms with E-state index in [0.717, 1.165) is 38.8 Å². The highest BCUT2D eigenvalue weighted by atomic mass is 16.5. The molecule has 0 saturated carbocycles. The van der Waals surface area contributed by atoms with Crippen molar-refractivity contribution in [1.82, 2.24) is 10.2 Å². The number of amides is 1. The van der Waals surface area contributed by atoms with E-state index in [4.69, 9.17) is 4.74 Å². The van der Waals surface area contributed by atoms with Gasteiger partial charge in [-0.15, -0.1) is 0 Å². The standard InChI is InChI=1S/C14H28N2O2/c1-4-6-14(7-9-15-10-8-14)13(17)16(3)11-12-18-5-2/h15H,4-12H2,1-3H3. The Balaban J connectivity index is 2.57. The topological polar surface area (TPSA) is 41.6 Å². The maximum absolute atomic E-state index is 12.6. The summed E-state index contributed by atoms with van der Waals surface area (Å²) in [6.07, 6.45) is 4.02. The Bertz CT molecular complexity index is 245. The second-order valence-corrected chi connectivity index (χ2v) is 5.20. The zero-order valence-corrected chi connectivity index (χ0v) is 12.1. The first-order valence-corrected chi connectivity index (χ1v) is 7.20. The second-order valence-electron chi connectivity index (χ2n) is 5.20. The molecule has 18 heavy (non-hydrogen) atoms. The van der Waals surface area contributed by atoms with Crippen LogP contribution in [0.5, 0.6) is 0 Å². The molecule has 0 atom stereocenters. The molecule has 1 aliphatic heterocycles. The third-order valence-electron chi connectivity index (χ3n) is 3.86. The van der Waals surface area contributed by atoms with E-state index >= 15 is 0 Å². The van der Waals surface area contributed by atoms with Gasteiger partial charge in [0.2, 0.25) is 5.91 Å². The van der Waals surface area contributed by atoms with Gasteiger partial charge in [-0.25, -0.2) is 0 Å². The molecular weight excluding hydrogens is 228 g/mol. The van der Waals surface area contributed by atoms with Crippen molar-refractivity contribution in [2.45, 2.75) is 39.5 Å². The van der Waals surface area contributed by atoms with E-state index in [-0.39, 0.29) is 5.41 Å². The van der Waals surface area contributed by atoms with Crippen molar-refractivity contribution in [2.24, 2.45) is 5.41 Å². The molecule has 4 heteroatoms. The summed E-state index contributed by atoms with van der Waals surface area (Å²) >= 11 is 0. The number of likely N-dealkylation sites (N-methyl/N-ethyl adjacent to an activating group) is 1. The SMILES string of the molecule is CCCC1(C(=O)N(C)CCOCC)CCNCC1. The maximum atomic E-state index is 12.6. The van der Waals surface area contributed by atoms with Gasteiger partial charge >= 0.3 is 0 Å². The molecule has 0 aromatic rings. The summed E-state index contributed by atoms with van der Waals surface area (Å²) in [4.78, 5) is 14.5. The summed E-state index contributed by atoms with van der Waals surface area (Å²) in [6.45, 7) is 8.12. The van der Waals surface area contributed by atoms with E-state index in [1.54, 1.807) is 0 Å². The second kappa shape index (κ2) is 7.74. The Morgan fingerprint density at radius 2 is 2.00 bits per heavy atom. The summed E-state index contributed by atoms with van der Waals surface area (Å²) in [5.74, 6) is 0.311. The van der Waals surface area contributed by atoms with Crippen LogP contribution in [0.15, 0.2) is 0 Å². The zero-order valence-electron chi connectivity index (χ0n) is 12.1. The van der Waals surface area contributed by atoms with Gasteiger partial charge in [0.25, 0.3) is 0 Å². The highest BCUT2D eigenvalue weighted by molar-refractivity contribution is 5.82. The van der Waals surface area contributed by atoms with Gasteiger partial charge in [-0.2, -0.15) is 0 Å². The predicted molar refractivity (Wildman–Crippen MR) is 73.6 cm³/mol. The van der Waals surface area contributed by atoms with E-state index in [2.05, 4.69) is 12.2 Å². The van der Waals surface area contributed by atoms with Gasteiger partial charge in [0.05, 0.1) is 12.0 Å². The van der Waals surface area contributed by atoms with Gasteiger partial charge < -0.3 is 15.0 Å². The smallest absolute Gasteiger partial charge is 0.228 e. The van der Waals surface area contributed by atoms with Gasteiger partial charge in [-0.1, -0.05) is 13.3 Å². The van der Waals surface area contributed by atoms with Crippen molar-refractivity contribution in [3.05, 3.63) is 0 Å². The van der Waals surface area contributed by atoms with Gasteiger partial charge in [-0.3, -0.25) is 4.79 Å². The van der Waals surface area contributed by atoms with Crippen molar-refractivity contribution in [1.29, 1.82) is 0 Å². The van der Waals surface area contributed by atoms with Crippen LogP contribution < -0.4 is 5.32 Å². The van der Waals surface area contributed by atoms with Crippen LogP contribution >= 0.6 is 0 Å². The van der Waals surface area contributed by atoms with Crippen molar-refractivity contribution >= 4 is 5.91 Å². The lowest BCUT2D eigenvalue weighted by atomic mass is 9.74. The summed E-state index contributed by atoms with van der Waals surface area (Å²) in [5, 5.41) is 3.35. The van der Waals surface area contributed by atoms with Crippen LogP contribution in [0.3, 0.4) is 0 Å². The molecule has 4 nitrogen and oxygen atoms in total. The molecule has 1 heterocycles. The van der Waals surface area contributed by atoms with Crippen molar-refractivity contribution in [2.75, 3.05) is 39.9 Å². The van der Waals surface area contributed by atoms with Crippen molar-refractivity contribution in [3.63, 3.8) is 0 Å². The fraction of sp³-hybridized carbons (Fsp3) is 0.929. The number of hydrogen-bond acceptors (Lipinski definition) is 3. The Hall–Kier alpha value is -0.610. The molecule has 0 aromatic heterocycles. The number of hydrogen-bond donors (Lipinski definition) is 1. The number of carbonyl (C=O) groups excluding carboxylic acids is 1. The summed E-state index contributed by atoms with van der Waals surface area (Å²) in [6, 6.07) is 0. The molecule has 1 rings (SSSR count). The molecule has 0 aromatic carbocycles. The fourth-order valence-corrected chi connectivity index (χ4v) is 2.81. The van der Waals surface area contributed by atoms with Gasteiger partial charge in [0.15, 0.2) is 0 Å². The van der Waals surface area contributed by atoms with Gasteiger partial charge in [0, 0.05) is 20.2 Å². The molecule has 0 unspecified atom stereocenters. The minimum Gasteiger partial charge on any atom is -0.380 e. The van der Waals surface area contributed by atoms with Crippen LogP contribution in [0.4, 0.5) is 0 Å². The minimum absolute atomic E-state index is 0.124. The summed E-state index contributed by atoms with van der Waals surface area (Å²) in [5.41, 5.74) is -0.124. The monoisotopic (exact) mass is 256 g/mol. The molecule has 0 aliphatic carbocycles. The number of nitrogens with zero attached hydrogens (tertiary/aromatic N) is 1. The molecule has 106 valence electrons. The highest BCUT2D eigenvalue weighted by Gasteiger charge is 2.40. The van der Waals surface area contributed by atoms with Gasteiger partial charge in [-0.05, 0) is 39.3 Å². The quantitative estimate of drug-likeness (QED) is 0.704. The first kappa shape index (κ1) is 15.4. The Labute approximate surface area is 111 Å². The van der Waals surface area contributed by atoms with E-state index in [0.29, 0.717) is 25.7 Å². The number of carbonyl (C=O) groups is 1. The van der Waals surface area contributed by atoms with E-state index in [1.807, 2.05) is 18.9 Å². The molecule has 0 spiro atoms. The molecule has 1 N–H and O–H groups in total. The Morgan fingerprint density at radius 1 is 1.33 bits per heavy atom. The van der Waals surface area contributed by atoms with E-state index in [1.165, 1.54) is 0 Å². The number of nitrogens with one attached hydrogen (secondary N) is 1. The van der Waals surface area contributed by atoms with E-state index < -0.39 is 0 Å². The van der Waals surface area contributed by atoms with Crippen LogP contribution in [0.25, 0.3) is 0 Å². The average molecular weight is 256 g/mol. The first-order chi connectivity index (χ1) is 8.66. The Morgan fingerprint density at radius 3 is 2.56 bits per heavy atom. The van der Waals surface area contributed by atoms with Crippen LogP contribution in [0.1, 0.15) is 39.5 Å². The van der Waals surface area contributed by atoms with Crippen LogP contribution in [0, 0.1) is 5.41 Å². The van der Waals surface area contributed by atoms with Crippen LogP contribution in [-0.2, 0) is 9.53 Å². The van der Waals surface area contributed by atoms with E-state index in [9.17, 15) is 4.79 Å². The normalized spacial score (nSPS) is 18.6. The van der Waals surface area contributed by atoms with Crippen LogP contribution in [0.2, 0.25) is 0 Å². The molecule has 1 fully saturated rings. The molecule has 1 aliphatic rings. The lowest BCUT2D eigenvalue weighted by Crippen LogP contribution is -2.48. The van der Waals surface area contributed by atoms with Crippen molar-refractivity contribution in [3.8, 4) is 0 Å². The lowest BCUT2D eigenvalue weighted by molar-refractivity contribution is -0.143. The highest BCUT2D eigenvalue weighted by Crippen LogP contribution is 2.35. The van der Waals surface area contributed by atoms with Crippen LogP contribution in [-0.4, -0.2) is 50.7 Å². The maximum Gasteiger partial charge on any atom is 0.228 e. The van der Waals surface area contributed by atoms with Crippen molar-refractivity contribution < 1.29 is 9.53 Å². The minimum atomic E-state index is -0.124. The molecule has 1 amide bonds. The third-order valence-corrected chi connectivity index (χ3v) is 3.86. The Kier molecular flexibility index (Phi) is 6.65. The van der Waals surface area contributed by atoms with Gasteiger partial charge in [0.1, 0.15) is 0 Å². The summed E-state index contributed by atoms with van der Waals surface area (Å²) in [7, 11) is 1.90. The number of piperidine rings is 1. The molecular formula is C14H28N2O2. The molecule has 0 radical (unpaired) electrons. The zero-order chi connectivity index (χ0) is 13.4. The largest absolute Gasteiger partial charge is 0.380 e. The fourth-order valence-electron chi connectivity index (χ4n) is 2.81. The number of rotatable bonds is 7.